The van der Waals surface area contributed by atoms with Crippen LogP contribution in [0.3, 0.4) is 0 Å². The number of esters is 1. The van der Waals surface area contributed by atoms with E-state index in [-0.39, 0.29) is 17.3 Å². The Bertz CT molecular complexity index is 943. The van der Waals surface area contributed by atoms with Gasteiger partial charge in [0.2, 0.25) is 5.96 Å². The molecule has 0 spiro atoms. The van der Waals surface area contributed by atoms with E-state index in [0.29, 0.717) is 17.9 Å². The number of ether oxygens (including phenoxy) is 3. The van der Waals surface area contributed by atoms with Crippen molar-refractivity contribution in [1.29, 1.82) is 0 Å². The van der Waals surface area contributed by atoms with E-state index in [9.17, 15) is 14.4 Å². The third-order valence-corrected chi connectivity index (χ3v) is 4.40. The number of benzene rings is 1. The lowest BCUT2D eigenvalue weighted by atomic mass is 9.99. The van der Waals surface area contributed by atoms with Gasteiger partial charge in [-0.2, -0.15) is 0 Å². The fraction of sp³-hybridized carbons (Fsp3) is 0.333. The molecule has 0 aliphatic rings. The van der Waals surface area contributed by atoms with E-state index < -0.39 is 18.2 Å². The number of rotatable bonds is 5. The third-order valence-electron chi connectivity index (χ3n) is 4.40. The van der Waals surface area contributed by atoms with Crippen LogP contribution in [0.25, 0.3) is 0 Å². The fourth-order valence-corrected chi connectivity index (χ4v) is 2.71. The second-order valence-corrected chi connectivity index (χ2v) is 6.80. The molecule has 31 heavy (non-hydrogen) atoms. The molecule has 166 valence electrons. The van der Waals surface area contributed by atoms with Crippen molar-refractivity contribution in [3.8, 4) is 0 Å². The van der Waals surface area contributed by atoms with Crippen molar-refractivity contribution in [3.05, 3.63) is 52.8 Å². The van der Waals surface area contributed by atoms with Crippen LogP contribution in [0.4, 0.5) is 15.3 Å². The number of hydrogen-bond acceptors (Lipinski definition) is 7. The van der Waals surface area contributed by atoms with Gasteiger partial charge in [-0.3, -0.25) is 10.6 Å². The van der Waals surface area contributed by atoms with Crippen molar-refractivity contribution < 1.29 is 28.6 Å². The highest BCUT2D eigenvalue weighted by molar-refractivity contribution is 6.04. The maximum atomic E-state index is 12.2. The Balaban J connectivity index is 2.47. The molecule has 1 aromatic carbocycles. The highest BCUT2D eigenvalue weighted by Crippen LogP contribution is 2.28. The molecule has 10 nitrogen and oxygen atoms in total. The standard InChI is InChI=1S/C21H26N4O6/c1-12(2)14-8-6-13(7-9-14)10-15-11-22-17(18(26)29-3)16(15)23-19(24-20(27)30-4)25-21(28)31-5/h6-9,11-12,22H,10H2,1-5H3,(H2,23,24,25,27,28). The van der Waals surface area contributed by atoms with Crippen LogP contribution in [0, 0.1) is 0 Å². The number of carbonyl (C=O) groups is 3. The molecule has 1 heterocycles. The zero-order valence-electron chi connectivity index (χ0n) is 18.1. The van der Waals surface area contributed by atoms with Gasteiger partial charge in [0.15, 0.2) is 5.69 Å². The molecule has 0 aliphatic heterocycles. The van der Waals surface area contributed by atoms with Gasteiger partial charge in [-0.15, -0.1) is 0 Å². The summed E-state index contributed by atoms with van der Waals surface area (Å²) in [7, 11) is 3.56. The number of hydrogen-bond donors (Lipinski definition) is 3. The van der Waals surface area contributed by atoms with E-state index in [1.807, 2.05) is 24.3 Å². The number of nitrogens with zero attached hydrogens (tertiary/aromatic N) is 1. The predicted molar refractivity (Wildman–Crippen MR) is 114 cm³/mol. The first-order valence-electron chi connectivity index (χ1n) is 9.45. The molecular formula is C21H26N4O6. The maximum Gasteiger partial charge on any atom is 0.413 e. The average Bonchev–Trinajstić information content (AvgIpc) is 3.15. The average molecular weight is 430 g/mol. The fourth-order valence-electron chi connectivity index (χ4n) is 2.71. The topological polar surface area (TPSA) is 131 Å². The Morgan fingerprint density at radius 1 is 0.968 bits per heavy atom. The Kier molecular flexibility index (Phi) is 8.18. The van der Waals surface area contributed by atoms with Crippen LogP contribution in [0.15, 0.2) is 35.5 Å². The van der Waals surface area contributed by atoms with E-state index in [1.165, 1.54) is 12.7 Å². The monoisotopic (exact) mass is 430 g/mol. The zero-order valence-corrected chi connectivity index (χ0v) is 18.1. The smallest absolute Gasteiger partial charge is 0.413 e. The summed E-state index contributed by atoms with van der Waals surface area (Å²) in [5.74, 6) is -0.528. The van der Waals surface area contributed by atoms with Crippen LogP contribution in [0.2, 0.25) is 0 Å². The SMILES string of the molecule is COC(=O)NC(=Nc1c(Cc2ccc(C(C)C)cc2)c[nH]c1C(=O)OC)NC(=O)OC. The van der Waals surface area contributed by atoms with E-state index in [1.54, 1.807) is 6.20 Å². The van der Waals surface area contributed by atoms with Crippen molar-refractivity contribution >= 4 is 29.8 Å². The number of alkyl carbamates (subject to hydrolysis) is 2. The summed E-state index contributed by atoms with van der Waals surface area (Å²) in [6, 6.07) is 8.07. The normalized spacial score (nSPS) is 10.3. The molecule has 2 rings (SSSR count). The summed E-state index contributed by atoms with van der Waals surface area (Å²) in [6.07, 6.45) is 0.330. The van der Waals surface area contributed by atoms with Crippen LogP contribution < -0.4 is 10.6 Å². The Morgan fingerprint density at radius 2 is 1.55 bits per heavy atom. The van der Waals surface area contributed by atoms with E-state index in [0.717, 1.165) is 19.8 Å². The number of amides is 2. The summed E-state index contributed by atoms with van der Waals surface area (Å²) in [5.41, 5.74) is 3.10. The first-order chi connectivity index (χ1) is 14.8. The van der Waals surface area contributed by atoms with Gasteiger partial charge in [0.05, 0.1) is 21.3 Å². The van der Waals surface area contributed by atoms with Crippen molar-refractivity contribution in [1.82, 2.24) is 15.6 Å². The molecule has 0 aliphatic carbocycles. The van der Waals surface area contributed by atoms with Crippen LogP contribution >= 0.6 is 0 Å². The minimum atomic E-state index is -0.865. The van der Waals surface area contributed by atoms with Gasteiger partial charge in [-0.1, -0.05) is 38.1 Å². The zero-order chi connectivity index (χ0) is 23.0. The molecule has 2 amide bonds. The molecule has 0 radical (unpaired) electrons. The summed E-state index contributed by atoms with van der Waals surface area (Å²) in [4.78, 5) is 42.6. The number of guanidine groups is 1. The van der Waals surface area contributed by atoms with Gasteiger partial charge in [0.25, 0.3) is 0 Å². The van der Waals surface area contributed by atoms with Crippen molar-refractivity contribution in [3.63, 3.8) is 0 Å². The molecule has 10 heteroatoms. The Hall–Kier alpha value is -3.82. The first-order valence-corrected chi connectivity index (χ1v) is 9.45. The number of methoxy groups -OCH3 is 3. The van der Waals surface area contributed by atoms with Gasteiger partial charge in [0.1, 0.15) is 5.69 Å². The molecule has 0 saturated heterocycles. The van der Waals surface area contributed by atoms with Crippen LogP contribution in [-0.4, -0.2) is 50.4 Å². The highest BCUT2D eigenvalue weighted by atomic mass is 16.5. The molecule has 0 bridgehead atoms. The number of aromatic amines is 1. The molecule has 2 aromatic rings. The van der Waals surface area contributed by atoms with E-state index in [2.05, 4.69) is 43.9 Å². The number of aromatic nitrogens is 1. The minimum Gasteiger partial charge on any atom is -0.464 e. The molecule has 0 unspecified atom stereocenters. The maximum absolute atomic E-state index is 12.2. The molecule has 0 fully saturated rings. The number of nitrogens with one attached hydrogen (secondary N) is 3. The molecule has 3 N–H and O–H groups in total. The third kappa shape index (κ3) is 6.33. The van der Waals surface area contributed by atoms with Gasteiger partial charge < -0.3 is 19.2 Å². The predicted octanol–water partition coefficient (Wildman–Crippen LogP) is 3.22. The van der Waals surface area contributed by atoms with Gasteiger partial charge in [-0.05, 0) is 17.0 Å². The van der Waals surface area contributed by atoms with Crippen molar-refractivity contribution in [2.24, 2.45) is 4.99 Å². The summed E-state index contributed by atoms with van der Waals surface area (Å²) >= 11 is 0. The lowest BCUT2D eigenvalue weighted by Crippen LogP contribution is -2.43. The number of aliphatic imine (C=N–C) groups is 1. The molecule has 0 atom stereocenters. The lowest BCUT2D eigenvalue weighted by Gasteiger charge is -2.10. The van der Waals surface area contributed by atoms with Crippen LogP contribution in [0.1, 0.15) is 46.9 Å². The first kappa shape index (κ1) is 23.5. The lowest BCUT2D eigenvalue weighted by molar-refractivity contribution is 0.0595. The van der Waals surface area contributed by atoms with Gasteiger partial charge in [0, 0.05) is 18.2 Å². The quantitative estimate of drug-likeness (QED) is 0.289. The number of H-pyrrole nitrogens is 1. The van der Waals surface area contributed by atoms with Gasteiger partial charge >= 0.3 is 18.2 Å². The second-order valence-electron chi connectivity index (χ2n) is 6.80. The van der Waals surface area contributed by atoms with Crippen molar-refractivity contribution in [2.75, 3.05) is 21.3 Å². The second kappa shape index (κ2) is 10.8. The highest BCUT2D eigenvalue weighted by Gasteiger charge is 2.20. The summed E-state index contributed by atoms with van der Waals surface area (Å²) in [5, 5.41) is 4.55. The number of carbonyl (C=O) groups excluding carboxylic acids is 3. The minimum absolute atomic E-state index is 0.0622. The van der Waals surface area contributed by atoms with E-state index >= 15 is 0 Å². The largest absolute Gasteiger partial charge is 0.464 e. The Labute approximate surface area is 180 Å². The van der Waals surface area contributed by atoms with Crippen LogP contribution in [-0.2, 0) is 20.6 Å². The molecular weight excluding hydrogens is 404 g/mol. The van der Waals surface area contributed by atoms with Crippen molar-refractivity contribution in [2.45, 2.75) is 26.2 Å². The molecule has 0 saturated carbocycles. The summed E-state index contributed by atoms with van der Waals surface area (Å²) in [6.45, 7) is 4.22. The van der Waals surface area contributed by atoms with E-state index in [4.69, 9.17) is 4.74 Å². The Morgan fingerprint density at radius 3 is 2.03 bits per heavy atom. The molecule has 1 aromatic heterocycles. The van der Waals surface area contributed by atoms with Gasteiger partial charge in [-0.25, -0.2) is 19.4 Å². The summed E-state index contributed by atoms with van der Waals surface area (Å²) < 4.78 is 13.9. The van der Waals surface area contributed by atoms with Crippen LogP contribution in [0.5, 0.6) is 0 Å².